The number of pyridine rings is 1. The van der Waals surface area contributed by atoms with Gasteiger partial charge in [-0.3, -0.25) is 9.69 Å². The molecule has 6 nitrogen and oxygen atoms in total. The minimum atomic E-state index is -0.749. The number of hydrogen-bond acceptors (Lipinski definition) is 5. The molecule has 6 rings (SSSR count). The summed E-state index contributed by atoms with van der Waals surface area (Å²) in [6, 6.07) is 14.7. The predicted molar refractivity (Wildman–Crippen MR) is 156 cm³/mol. The second-order valence-corrected chi connectivity index (χ2v) is 12.1. The maximum Gasteiger partial charge on any atom is 0.306 e. The highest BCUT2D eigenvalue weighted by Crippen LogP contribution is 2.48. The van der Waals surface area contributed by atoms with Gasteiger partial charge in [-0.1, -0.05) is 37.3 Å². The number of nitrogens with zero attached hydrogens (tertiary/aromatic N) is 2. The highest BCUT2D eigenvalue weighted by molar-refractivity contribution is 5.71. The van der Waals surface area contributed by atoms with Crippen LogP contribution in [-0.4, -0.2) is 40.7 Å². The molecule has 41 heavy (non-hydrogen) atoms. The number of halogens is 1. The number of fused-ring (bicyclic) bond motifs is 1. The Morgan fingerprint density at radius 1 is 1.15 bits per heavy atom. The topological polar surface area (TPSA) is 71.9 Å². The van der Waals surface area contributed by atoms with Crippen LogP contribution in [0, 0.1) is 17.7 Å². The molecule has 1 saturated heterocycles. The van der Waals surface area contributed by atoms with Crippen molar-refractivity contribution in [3.8, 4) is 22.8 Å². The molecule has 0 bridgehead atoms. The molecule has 0 radical (unpaired) electrons. The first-order chi connectivity index (χ1) is 19.8. The molecule has 4 atom stereocenters. The van der Waals surface area contributed by atoms with Crippen LogP contribution in [0.25, 0.3) is 11.1 Å². The third-order valence-corrected chi connectivity index (χ3v) is 9.37. The maximum absolute atomic E-state index is 15.1. The molecule has 1 saturated carbocycles. The zero-order valence-corrected chi connectivity index (χ0v) is 24.1. The molecule has 2 fully saturated rings. The van der Waals surface area contributed by atoms with Crippen molar-refractivity contribution in [1.29, 1.82) is 0 Å². The van der Waals surface area contributed by atoms with E-state index in [4.69, 9.17) is 9.47 Å². The van der Waals surface area contributed by atoms with Gasteiger partial charge in [-0.25, -0.2) is 9.37 Å². The van der Waals surface area contributed by atoms with Gasteiger partial charge in [0.05, 0.1) is 19.2 Å². The average Bonchev–Trinajstić information content (AvgIpc) is 3.73. The van der Waals surface area contributed by atoms with Crippen molar-refractivity contribution in [1.82, 2.24) is 9.88 Å². The Labute approximate surface area is 241 Å². The molecule has 1 unspecified atom stereocenters. The number of rotatable bonds is 9. The lowest BCUT2D eigenvalue weighted by Gasteiger charge is -2.30. The van der Waals surface area contributed by atoms with E-state index in [-0.39, 0.29) is 17.8 Å². The smallest absolute Gasteiger partial charge is 0.306 e. The number of aliphatic carboxylic acids is 1. The molecule has 1 aliphatic carbocycles. The first kappa shape index (κ1) is 27.7. The second-order valence-electron chi connectivity index (χ2n) is 12.1. The van der Waals surface area contributed by atoms with E-state index < -0.39 is 11.9 Å². The lowest BCUT2D eigenvalue weighted by Crippen LogP contribution is -2.26. The van der Waals surface area contributed by atoms with Crippen molar-refractivity contribution >= 4 is 5.97 Å². The van der Waals surface area contributed by atoms with Crippen LogP contribution in [0.15, 0.2) is 48.7 Å². The van der Waals surface area contributed by atoms with Gasteiger partial charge >= 0.3 is 5.97 Å². The fourth-order valence-electron chi connectivity index (χ4n) is 6.80. The van der Waals surface area contributed by atoms with Gasteiger partial charge < -0.3 is 14.6 Å². The van der Waals surface area contributed by atoms with E-state index in [2.05, 4.69) is 47.1 Å². The summed E-state index contributed by atoms with van der Waals surface area (Å²) in [6.45, 7) is 5.84. The number of carboxylic acids is 1. The first-order valence-corrected chi connectivity index (χ1v) is 14.9. The van der Waals surface area contributed by atoms with Crippen molar-refractivity contribution < 1.29 is 23.8 Å². The van der Waals surface area contributed by atoms with Crippen LogP contribution in [0.4, 0.5) is 4.39 Å². The molecule has 3 aromatic rings. The largest absolute Gasteiger partial charge is 0.485 e. The Morgan fingerprint density at radius 2 is 1.98 bits per heavy atom. The summed E-state index contributed by atoms with van der Waals surface area (Å²) < 4.78 is 27.0. The maximum atomic E-state index is 15.1. The Morgan fingerprint density at radius 3 is 2.68 bits per heavy atom. The van der Waals surface area contributed by atoms with Crippen molar-refractivity contribution in [3.63, 3.8) is 0 Å². The van der Waals surface area contributed by atoms with Crippen molar-refractivity contribution in [2.45, 2.75) is 77.0 Å². The first-order valence-electron chi connectivity index (χ1n) is 14.9. The van der Waals surface area contributed by atoms with Gasteiger partial charge in [-0.2, -0.15) is 0 Å². The number of aromatic nitrogens is 1. The Bertz CT molecular complexity index is 1440. The molecule has 3 heterocycles. The summed E-state index contributed by atoms with van der Waals surface area (Å²) in [6.07, 6.45) is 7.33. The van der Waals surface area contributed by atoms with Gasteiger partial charge in [0.25, 0.3) is 0 Å². The van der Waals surface area contributed by atoms with E-state index in [0.717, 1.165) is 72.3 Å². The summed E-state index contributed by atoms with van der Waals surface area (Å²) >= 11 is 0. The molecule has 1 N–H and O–H groups in total. The summed E-state index contributed by atoms with van der Waals surface area (Å²) in [5.41, 5.74) is 5.70. The van der Waals surface area contributed by atoms with Crippen molar-refractivity contribution in [3.05, 3.63) is 76.7 Å². The summed E-state index contributed by atoms with van der Waals surface area (Å²) in [5, 5.41) is 9.75. The molecule has 0 amide bonds. The van der Waals surface area contributed by atoms with Crippen LogP contribution in [0.3, 0.4) is 0 Å². The number of carbonyl (C=O) groups is 1. The van der Waals surface area contributed by atoms with E-state index in [9.17, 15) is 9.90 Å². The normalized spacial score (nSPS) is 22.0. The van der Waals surface area contributed by atoms with E-state index in [1.807, 2.05) is 13.0 Å². The minimum absolute atomic E-state index is 0.00219. The van der Waals surface area contributed by atoms with E-state index in [0.29, 0.717) is 23.4 Å². The van der Waals surface area contributed by atoms with Gasteiger partial charge in [0, 0.05) is 24.2 Å². The number of methoxy groups -OCH3 is 1. The van der Waals surface area contributed by atoms with Gasteiger partial charge in [-0.15, -0.1) is 0 Å². The van der Waals surface area contributed by atoms with Gasteiger partial charge in [0.15, 0.2) is 0 Å². The summed E-state index contributed by atoms with van der Waals surface area (Å²) in [4.78, 5) is 18.4. The molecular formula is C34H39FN2O4. The predicted octanol–water partition coefficient (Wildman–Crippen LogP) is 7.16. The Balaban J connectivity index is 1.32. The molecule has 0 spiro atoms. The Kier molecular flexibility index (Phi) is 7.73. The average molecular weight is 559 g/mol. The molecule has 1 aromatic heterocycles. The number of benzene rings is 2. The van der Waals surface area contributed by atoms with Crippen LogP contribution in [0.1, 0.15) is 80.2 Å². The van der Waals surface area contributed by atoms with Gasteiger partial charge in [0.2, 0.25) is 5.88 Å². The molecular weight excluding hydrogens is 519 g/mol. The second kappa shape index (κ2) is 11.4. The quantitative estimate of drug-likeness (QED) is 0.300. The SMILES string of the molecule is COc1cc(-c2ccc(C3CCc4ccc([C@H](C5CC5)[C@H](C)C(=O)O)cc4O3)cc2CN2CCC[C@@H]2C)c(F)cn1. The van der Waals surface area contributed by atoms with E-state index >= 15 is 4.39 Å². The number of likely N-dealkylation sites (tertiary alicyclic amines) is 1. The summed E-state index contributed by atoms with van der Waals surface area (Å²) in [5.74, 6) is 0.111. The number of aryl methyl sites for hydroxylation is 1. The molecule has 3 aliphatic rings. The van der Waals surface area contributed by atoms with Crippen LogP contribution in [0.5, 0.6) is 11.6 Å². The van der Waals surface area contributed by atoms with Crippen molar-refractivity contribution in [2.24, 2.45) is 11.8 Å². The number of ether oxygens (including phenoxy) is 2. The highest BCUT2D eigenvalue weighted by atomic mass is 19.1. The molecule has 2 aromatic carbocycles. The fraction of sp³-hybridized carbons (Fsp3) is 0.471. The third kappa shape index (κ3) is 5.69. The van der Waals surface area contributed by atoms with Crippen LogP contribution in [0.2, 0.25) is 0 Å². The van der Waals surface area contributed by atoms with Crippen LogP contribution < -0.4 is 9.47 Å². The third-order valence-electron chi connectivity index (χ3n) is 9.37. The molecule has 7 heteroatoms. The number of hydrogen-bond donors (Lipinski definition) is 1. The lowest BCUT2D eigenvalue weighted by molar-refractivity contribution is -0.142. The number of carboxylic acid groups (broad SMARTS) is 1. The summed E-state index contributed by atoms with van der Waals surface area (Å²) in [7, 11) is 1.54. The zero-order chi connectivity index (χ0) is 28.7. The van der Waals surface area contributed by atoms with Crippen molar-refractivity contribution in [2.75, 3.05) is 13.7 Å². The monoisotopic (exact) mass is 558 g/mol. The molecule has 2 aliphatic heterocycles. The highest BCUT2D eigenvalue weighted by Gasteiger charge is 2.39. The standard InChI is InChI=1S/C34H39FN2O4/c1-20-5-4-14-37(20)19-26-15-24(10-12-27(26)28-17-32(40-3)36-18-29(28)35)30-13-11-22-6-9-25(16-31(22)41-30)33(23-7-8-23)21(2)34(38)39/h6,9-10,12,15-18,20-21,23,30,33H,4-5,7-8,11,13-14,19H2,1-3H3,(H,38,39)/t20-,21-,30?,33-/m0/s1. The van der Waals surface area contributed by atoms with Gasteiger partial charge in [-0.05, 0) is 97.7 Å². The van der Waals surface area contributed by atoms with E-state index in [1.54, 1.807) is 13.2 Å². The van der Waals surface area contributed by atoms with Crippen LogP contribution in [-0.2, 0) is 17.8 Å². The zero-order valence-electron chi connectivity index (χ0n) is 24.1. The molecule has 216 valence electrons. The lowest BCUT2D eigenvalue weighted by atomic mass is 9.82. The van der Waals surface area contributed by atoms with E-state index in [1.165, 1.54) is 19.0 Å². The fourth-order valence-corrected chi connectivity index (χ4v) is 6.80. The minimum Gasteiger partial charge on any atom is -0.485 e. The van der Waals surface area contributed by atoms with Crippen LogP contribution >= 0.6 is 0 Å². The van der Waals surface area contributed by atoms with Gasteiger partial charge in [0.1, 0.15) is 17.7 Å². The Hall–Kier alpha value is -3.45.